The van der Waals surface area contributed by atoms with Gasteiger partial charge in [0.25, 0.3) is 0 Å². The van der Waals surface area contributed by atoms with E-state index in [0.29, 0.717) is 0 Å². The Hall–Kier alpha value is 0.684. The molecule has 4 heteroatoms. The summed E-state index contributed by atoms with van der Waals surface area (Å²) in [7, 11) is -1.87. The molecule has 1 unspecified atom stereocenters. The maximum atomic E-state index is 6.29. The number of rotatable bonds is 6. The van der Waals surface area contributed by atoms with Crippen LogP contribution in [0.1, 0.15) is 12.8 Å². The van der Waals surface area contributed by atoms with Gasteiger partial charge >= 0.3 is 0 Å². The zero-order chi connectivity index (χ0) is 10.5. The Morgan fingerprint density at radius 2 is 1.92 bits per heavy atom. The summed E-state index contributed by atoms with van der Waals surface area (Å²) in [6.07, 6.45) is 2.39. The number of hydrogen-bond donors (Lipinski definition) is 1. The summed E-state index contributed by atoms with van der Waals surface area (Å²) in [5, 5.41) is 6.29. The van der Waals surface area contributed by atoms with Crippen LogP contribution in [0.4, 0.5) is 0 Å². The molecule has 1 atom stereocenters. The van der Waals surface area contributed by atoms with Crippen LogP contribution in [0.25, 0.3) is 0 Å². The Kier molecular flexibility index (Phi) is 6.55. The molecule has 0 fully saturated rings. The molecule has 0 radical (unpaired) electrons. The van der Waals surface area contributed by atoms with Crippen LogP contribution in [0.2, 0.25) is 37.8 Å². The molecule has 80 valence electrons. The van der Waals surface area contributed by atoms with E-state index in [4.69, 9.17) is 17.0 Å². The van der Waals surface area contributed by atoms with E-state index in [1.165, 1.54) is 12.5 Å². The van der Waals surface area contributed by atoms with Gasteiger partial charge in [-0.3, -0.25) is 0 Å². The summed E-state index contributed by atoms with van der Waals surface area (Å²) < 4.78 is 0. The fourth-order valence-corrected chi connectivity index (χ4v) is 8.01. The molecule has 0 aliphatic heterocycles. The van der Waals surface area contributed by atoms with Crippen LogP contribution in [-0.2, 0) is 0 Å². The zero-order valence-electron chi connectivity index (χ0n) is 9.44. The molecule has 0 saturated heterocycles. The molecule has 1 nitrogen and oxygen atoms in total. The largest absolute Gasteiger partial charge is 0.351 e. The van der Waals surface area contributed by atoms with Crippen molar-refractivity contribution in [2.45, 2.75) is 50.6 Å². The lowest BCUT2D eigenvalue weighted by Gasteiger charge is -2.29. The first kappa shape index (κ1) is 13.7. The predicted octanol–water partition coefficient (Wildman–Crippen LogP) is 3.03. The second-order valence-electron chi connectivity index (χ2n) is 4.98. The smallest absolute Gasteiger partial charge is 0.119 e. The van der Waals surface area contributed by atoms with Crippen molar-refractivity contribution in [1.29, 1.82) is 0 Å². The summed E-state index contributed by atoms with van der Waals surface area (Å²) in [5.41, 5.74) is 0.804. The maximum absolute atomic E-state index is 6.29. The average Bonchev–Trinajstić information content (AvgIpc) is 1.95. The minimum Gasteiger partial charge on any atom is -0.351 e. The van der Waals surface area contributed by atoms with Gasteiger partial charge in [-0.1, -0.05) is 38.7 Å². The standard InChI is InChI=1S/C9H24ClNSi2/c1-12(2)8-9(6-5-7-10)13(3,4)11/h9,12H,5-8,11H2,1-4H3. The zero-order valence-corrected chi connectivity index (χ0v) is 12.3. The Morgan fingerprint density at radius 3 is 2.23 bits per heavy atom. The van der Waals surface area contributed by atoms with E-state index < -0.39 is 17.0 Å². The molecule has 13 heavy (non-hydrogen) atoms. The SMILES string of the molecule is C[SiH](C)CC(CCCCl)[Si](C)(C)N. The second kappa shape index (κ2) is 6.22. The summed E-state index contributed by atoms with van der Waals surface area (Å²) in [4.78, 5) is 0. The molecule has 0 heterocycles. The van der Waals surface area contributed by atoms with Crippen LogP contribution < -0.4 is 5.40 Å². The molecule has 2 N–H and O–H groups in total. The van der Waals surface area contributed by atoms with Crippen molar-refractivity contribution in [3.05, 3.63) is 0 Å². The van der Waals surface area contributed by atoms with Gasteiger partial charge in [0.1, 0.15) is 8.24 Å². The van der Waals surface area contributed by atoms with Gasteiger partial charge in [-0.2, -0.15) is 0 Å². The van der Waals surface area contributed by atoms with E-state index in [0.717, 1.165) is 17.8 Å². The molecule has 0 aromatic carbocycles. The highest BCUT2D eigenvalue weighted by Gasteiger charge is 2.27. The minimum absolute atomic E-state index is 0.459. The summed E-state index contributed by atoms with van der Waals surface area (Å²) in [5.74, 6) is 0.792. The summed E-state index contributed by atoms with van der Waals surface area (Å²) >= 11 is 5.72. The van der Waals surface area contributed by atoms with Crippen molar-refractivity contribution in [3.63, 3.8) is 0 Å². The van der Waals surface area contributed by atoms with E-state index >= 15 is 0 Å². The van der Waals surface area contributed by atoms with Crippen molar-refractivity contribution >= 4 is 28.6 Å². The lowest BCUT2D eigenvalue weighted by atomic mass is 10.3. The Balaban J connectivity index is 4.03. The van der Waals surface area contributed by atoms with Crippen LogP contribution in [0.5, 0.6) is 0 Å². The normalized spacial score (nSPS) is 15.0. The van der Waals surface area contributed by atoms with Gasteiger partial charge < -0.3 is 5.40 Å². The lowest BCUT2D eigenvalue weighted by molar-refractivity contribution is 0.741. The van der Waals surface area contributed by atoms with Crippen molar-refractivity contribution in [3.8, 4) is 0 Å². The molecule has 0 saturated carbocycles. The Morgan fingerprint density at radius 1 is 1.38 bits per heavy atom. The lowest BCUT2D eigenvalue weighted by Crippen LogP contribution is -2.44. The quantitative estimate of drug-likeness (QED) is 0.558. The van der Waals surface area contributed by atoms with E-state index in [1.807, 2.05) is 0 Å². The van der Waals surface area contributed by atoms with Gasteiger partial charge in [-0.15, -0.1) is 11.6 Å². The number of nitrogens with two attached hydrogens (primary N) is 1. The van der Waals surface area contributed by atoms with E-state index in [1.54, 1.807) is 0 Å². The fraction of sp³-hybridized carbons (Fsp3) is 1.00. The molecule has 0 spiro atoms. The van der Waals surface area contributed by atoms with Gasteiger partial charge in [-0.25, -0.2) is 0 Å². The molecule has 0 amide bonds. The highest BCUT2D eigenvalue weighted by molar-refractivity contribution is 6.77. The van der Waals surface area contributed by atoms with Crippen LogP contribution in [-0.4, -0.2) is 22.9 Å². The van der Waals surface area contributed by atoms with E-state index in [2.05, 4.69) is 26.2 Å². The van der Waals surface area contributed by atoms with Gasteiger partial charge in [-0.05, 0) is 12.0 Å². The third-order valence-electron chi connectivity index (χ3n) is 2.49. The molecule has 0 aromatic heterocycles. The van der Waals surface area contributed by atoms with Crippen LogP contribution in [0.3, 0.4) is 0 Å². The molecule has 0 rings (SSSR count). The van der Waals surface area contributed by atoms with Crippen molar-refractivity contribution in [2.75, 3.05) is 5.88 Å². The van der Waals surface area contributed by atoms with Gasteiger partial charge in [0.2, 0.25) is 0 Å². The first-order valence-corrected chi connectivity index (χ1v) is 12.0. The van der Waals surface area contributed by atoms with Crippen molar-refractivity contribution in [2.24, 2.45) is 5.40 Å². The molecule has 0 aliphatic carbocycles. The highest BCUT2D eigenvalue weighted by Crippen LogP contribution is 2.28. The first-order chi connectivity index (χ1) is 5.88. The number of halogens is 1. The number of hydrogen-bond acceptors (Lipinski definition) is 1. The molecular weight excluding hydrogens is 214 g/mol. The van der Waals surface area contributed by atoms with Gasteiger partial charge in [0.05, 0.1) is 0 Å². The fourth-order valence-electron chi connectivity index (χ4n) is 1.69. The average molecular weight is 238 g/mol. The first-order valence-electron chi connectivity index (χ1n) is 5.22. The number of alkyl halides is 1. The summed E-state index contributed by atoms with van der Waals surface area (Å²) in [6, 6.07) is 1.41. The van der Waals surface area contributed by atoms with E-state index in [-0.39, 0.29) is 0 Å². The summed E-state index contributed by atoms with van der Waals surface area (Å²) in [6.45, 7) is 9.38. The van der Waals surface area contributed by atoms with Crippen LogP contribution in [0.15, 0.2) is 0 Å². The minimum atomic E-state index is -1.41. The molecule has 0 aliphatic rings. The van der Waals surface area contributed by atoms with Crippen molar-refractivity contribution in [1.82, 2.24) is 0 Å². The second-order valence-corrected chi connectivity index (χ2v) is 13.1. The van der Waals surface area contributed by atoms with Crippen LogP contribution in [0, 0.1) is 0 Å². The van der Waals surface area contributed by atoms with E-state index in [9.17, 15) is 0 Å². The third-order valence-corrected chi connectivity index (χ3v) is 7.37. The molecular formula is C9H24ClNSi2. The predicted molar refractivity (Wildman–Crippen MR) is 69.1 cm³/mol. The van der Waals surface area contributed by atoms with Crippen molar-refractivity contribution < 1.29 is 0 Å². The Labute approximate surface area is 90.7 Å². The molecule has 0 bridgehead atoms. The maximum Gasteiger partial charge on any atom is 0.119 e. The van der Waals surface area contributed by atoms with Gasteiger partial charge in [0, 0.05) is 14.7 Å². The monoisotopic (exact) mass is 237 g/mol. The highest BCUT2D eigenvalue weighted by atomic mass is 35.5. The van der Waals surface area contributed by atoms with Crippen LogP contribution >= 0.6 is 11.6 Å². The Bertz CT molecular complexity index is 134. The topological polar surface area (TPSA) is 26.0 Å². The molecule has 0 aromatic rings. The van der Waals surface area contributed by atoms with Gasteiger partial charge in [0.15, 0.2) is 0 Å². The third kappa shape index (κ3) is 6.71.